The molecule has 1 fully saturated rings. The van der Waals surface area contributed by atoms with Gasteiger partial charge in [-0.15, -0.1) is 0 Å². The molecular weight excluding hydrogens is 153 g/mol. The zero-order chi connectivity index (χ0) is 8.81. The van der Waals surface area contributed by atoms with Gasteiger partial charge >= 0.3 is 0 Å². The van der Waals surface area contributed by atoms with Crippen LogP contribution in [0.1, 0.15) is 44.9 Å². The van der Waals surface area contributed by atoms with Crippen LogP contribution >= 0.6 is 0 Å². The summed E-state index contributed by atoms with van der Waals surface area (Å²) in [6.45, 7) is 0.804. The summed E-state index contributed by atoms with van der Waals surface area (Å²) >= 11 is 0. The molecule has 72 valence electrons. The second-order valence-electron chi connectivity index (χ2n) is 3.90. The summed E-state index contributed by atoms with van der Waals surface area (Å²) in [5.41, 5.74) is 5.41. The van der Waals surface area contributed by atoms with Crippen LogP contribution in [0.25, 0.3) is 0 Å². The molecule has 1 rings (SSSR count). The van der Waals surface area contributed by atoms with Gasteiger partial charge < -0.3 is 5.73 Å². The van der Waals surface area contributed by atoms with Crippen LogP contribution in [0.2, 0.25) is 0 Å². The average molecular weight is 173 g/mol. The normalized spacial score (nSPS) is 30.5. The quantitative estimate of drug-likeness (QED) is 0.650. The highest BCUT2D eigenvalue weighted by molar-refractivity contribution is 4.71. The third kappa shape index (κ3) is 3.53. The Morgan fingerprint density at radius 1 is 1.08 bits per heavy atom. The molecule has 0 heterocycles. The van der Waals surface area contributed by atoms with Crippen molar-refractivity contribution in [1.29, 1.82) is 0 Å². The smallest absolute Gasteiger partial charge is 0.100 e. The van der Waals surface area contributed by atoms with Crippen LogP contribution in [0, 0.1) is 5.92 Å². The van der Waals surface area contributed by atoms with Gasteiger partial charge in [-0.3, -0.25) is 0 Å². The van der Waals surface area contributed by atoms with E-state index < -0.39 is 6.17 Å². The van der Waals surface area contributed by atoms with Crippen LogP contribution in [-0.4, -0.2) is 12.7 Å². The molecule has 0 aromatic rings. The summed E-state index contributed by atoms with van der Waals surface area (Å²) in [5.74, 6) is 0.795. The van der Waals surface area contributed by atoms with Gasteiger partial charge in [0.15, 0.2) is 0 Å². The molecule has 12 heavy (non-hydrogen) atoms. The van der Waals surface area contributed by atoms with Crippen molar-refractivity contribution in [3.8, 4) is 0 Å². The van der Waals surface area contributed by atoms with E-state index in [-0.39, 0.29) is 0 Å². The molecule has 0 aliphatic heterocycles. The lowest BCUT2D eigenvalue weighted by atomic mass is 9.85. The topological polar surface area (TPSA) is 26.0 Å². The summed E-state index contributed by atoms with van der Waals surface area (Å²) in [6, 6.07) is 0. The lowest BCUT2D eigenvalue weighted by Gasteiger charge is -2.23. The van der Waals surface area contributed by atoms with Crippen molar-refractivity contribution in [2.24, 2.45) is 11.7 Å². The predicted octanol–water partition coefficient (Wildman–Crippen LogP) is 2.64. The maximum absolute atomic E-state index is 12.7. The van der Waals surface area contributed by atoms with E-state index in [9.17, 15) is 4.39 Å². The second-order valence-corrected chi connectivity index (χ2v) is 3.90. The summed E-state index contributed by atoms with van der Waals surface area (Å²) in [4.78, 5) is 0. The second kappa shape index (κ2) is 5.52. The molecule has 1 saturated carbocycles. The van der Waals surface area contributed by atoms with Gasteiger partial charge in [-0.1, -0.05) is 12.8 Å². The first kappa shape index (κ1) is 9.97. The van der Waals surface area contributed by atoms with Crippen molar-refractivity contribution in [3.63, 3.8) is 0 Å². The van der Waals surface area contributed by atoms with Crippen LogP contribution in [0.3, 0.4) is 0 Å². The predicted molar refractivity (Wildman–Crippen MR) is 49.8 cm³/mol. The Labute approximate surface area is 74.5 Å². The molecule has 0 unspecified atom stereocenters. The minimum atomic E-state index is -0.504. The molecule has 2 heteroatoms. The lowest BCUT2D eigenvalue weighted by molar-refractivity contribution is 0.199. The number of hydrogen-bond acceptors (Lipinski definition) is 1. The van der Waals surface area contributed by atoms with Gasteiger partial charge in [0.05, 0.1) is 0 Å². The number of nitrogens with two attached hydrogens (primary N) is 1. The van der Waals surface area contributed by atoms with Crippen molar-refractivity contribution in [2.75, 3.05) is 6.54 Å². The fraction of sp³-hybridized carbons (Fsp3) is 1.00. The van der Waals surface area contributed by atoms with E-state index in [0.717, 1.165) is 44.6 Å². The molecule has 0 saturated heterocycles. The highest BCUT2D eigenvalue weighted by Crippen LogP contribution is 2.29. The summed E-state index contributed by atoms with van der Waals surface area (Å²) in [6.07, 6.45) is 6.94. The molecule has 1 nitrogen and oxygen atoms in total. The molecule has 1 aliphatic carbocycles. The van der Waals surface area contributed by atoms with E-state index in [1.165, 1.54) is 12.8 Å². The Balaban J connectivity index is 2.01. The summed E-state index contributed by atoms with van der Waals surface area (Å²) in [5, 5.41) is 0. The Morgan fingerprint density at radius 3 is 2.33 bits per heavy atom. The van der Waals surface area contributed by atoms with Crippen LogP contribution in [0.15, 0.2) is 0 Å². The van der Waals surface area contributed by atoms with Gasteiger partial charge in [0.1, 0.15) is 6.17 Å². The van der Waals surface area contributed by atoms with Gasteiger partial charge in [-0.25, -0.2) is 4.39 Å². The number of rotatable bonds is 4. The fourth-order valence-electron chi connectivity index (χ4n) is 1.99. The lowest BCUT2D eigenvalue weighted by Crippen LogP contribution is -2.15. The molecule has 0 aromatic heterocycles. The number of hydrogen-bond donors (Lipinski definition) is 1. The third-order valence-corrected chi connectivity index (χ3v) is 2.84. The maximum Gasteiger partial charge on any atom is 0.100 e. The highest BCUT2D eigenvalue weighted by Gasteiger charge is 2.19. The monoisotopic (exact) mass is 173 g/mol. The van der Waals surface area contributed by atoms with Crippen molar-refractivity contribution in [2.45, 2.75) is 51.1 Å². The van der Waals surface area contributed by atoms with Gasteiger partial charge in [-0.2, -0.15) is 0 Å². The van der Waals surface area contributed by atoms with E-state index in [0.29, 0.717) is 0 Å². The number of unbranched alkanes of at least 4 members (excludes halogenated alkanes) is 1. The molecule has 0 atom stereocenters. The molecule has 2 N–H and O–H groups in total. The minimum Gasteiger partial charge on any atom is -0.330 e. The number of halogens is 1. The molecule has 0 radical (unpaired) electrons. The van der Waals surface area contributed by atoms with Gasteiger partial charge in [0, 0.05) is 0 Å². The SMILES string of the molecule is NCCCCC1CCC(F)CC1. The van der Waals surface area contributed by atoms with Crippen LogP contribution in [-0.2, 0) is 0 Å². The molecule has 0 bridgehead atoms. The third-order valence-electron chi connectivity index (χ3n) is 2.84. The molecule has 1 aliphatic rings. The molecule has 0 amide bonds. The zero-order valence-electron chi connectivity index (χ0n) is 7.77. The Morgan fingerprint density at radius 2 is 1.75 bits per heavy atom. The van der Waals surface area contributed by atoms with Gasteiger partial charge in [0.25, 0.3) is 0 Å². The first-order valence-electron chi connectivity index (χ1n) is 5.17. The molecular formula is C10H20FN. The van der Waals surface area contributed by atoms with Crippen molar-refractivity contribution >= 4 is 0 Å². The molecule has 0 aromatic carbocycles. The van der Waals surface area contributed by atoms with E-state index in [1.54, 1.807) is 0 Å². The highest BCUT2D eigenvalue weighted by atomic mass is 19.1. The summed E-state index contributed by atoms with van der Waals surface area (Å²) in [7, 11) is 0. The van der Waals surface area contributed by atoms with E-state index in [2.05, 4.69) is 0 Å². The summed E-state index contributed by atoms with van der Waals surface area (Å²) < 4.78 is 12.7. The number of alkyl halides is 1. The van der Waals surface area contributed by atoms with Gasteiger partial charge in [0.2, 0.25) is 0 Å². The minimum absolute atomic E-state index is 0.504. The molecule has 0 spiro atoms. The van der Waals surface area contributed by atoms with E-state index >= 15 is 0 Å². The van der Waals surface area contributed by atoms with Crippen molar-refractivity contribution in [3.05, 3.63) is 0 Å². The van der Waals surface area contributed by atoms with E-state index in [4.69, 9.17) is 5.73 Å². The Hall–Kier alpha value is -0.110. The van der Waals surface area contributed by atoms with Crippen molar-refractivity contribution < 1.29 is 4.39 Å². The maximum atomic E-state index is 12.7. The van der Waals surface area contributed by atoms with Crippen LogP contribution in [0.4, 0.5) is 4.39 Å². The standard InChI is InChI=1S/C10H20FN/c11-10-6-4-9(5-7-10)3-1-2-8-12/h9-10H,1-8,12H2. The van der Waals surface area contributed by atoms with Crippen LogP contribution in [0.5, 0.6) is 0 Å². The largest absolute Gasteiger partial charge is 0.330 e. The first-order valence-corrected chi connectivity index (χ1v) is 5.17. The average Bonchev–Trinajstić information content (AvgIpc) is 2.09. The fourth-order valence-corrected chi connectivity index (χ4v) is 1.99. The first-order chi connectivity index (χ1) is 5.83. The Bertz CT molecular complexity index is 108. The van der Waals surface area contributed by atoms with Gasteiger partial charge in [-0.05, 0) is 44.6 Å². The van der Waals surface area contributed by atoms with E-state index in [1.807, 2.05) is 0 Å². The zero-order valence-corrected chi connectivity index (χ0v) is 7.77. The van der Waals surface area contributed by atoms with Crippen LogP contribution < -0.4 is 5.73 Å². The van der Waals surface area contributed by atoms with Crippen molar-refractivity contribution in [1.82, 2.24) is 0 Å². The Kier molecular flexibility index (Phi) is 4.59.